The summed E-state index contributed by atoms with van der Waals surface area (Å²) < 4.78 is 6.24. The number of benzene rings is 1. The van der Waals surface area contributed by atoms with E-state index in [1.165, 1.54) is 18.4 Å². The zero-order valence-corrected chi connectivity index (χ0v) is 11.7. The molecule has 0 aliphatic carbocycles. The van der Waals surface area contributed by atoms with Gasteiger partial charge in [-0.2, -0.15) is 0 Å². The van der Waals surface area contributed by atoms with E-state index in [9.17, 15) is 0 Å². The maximum atomic E-state index is 5.92. The highest BCUT2D eigenvalue weighted by Crippen LogP contribution is 2.31. The van der Waals surface area contributed by atoms with E-state index in [2.05, 4.69) is 33.0 Å². The normalized spacial score (nSPS) is 18.3. The van der Waals surface area contributed by atoms with Crippen LogP contribution in [0.5, 0.6) is 5.75 Å². The summed E-state index contributed by atoms with van der Waals surface area (Å²) in [5.74, 6) is 0.867. The van der Waals surface area contributed by atoms with Crippen molar-refractivity contribution < 1.29 is 4.74 Å². The number of nitrogens with zero attached hydrogens (tertiary/aromatic N) is 1. The first-order valence-electron chi connectivity index (χ1n) is 6.04. The number of hydrogen-bond acceptors (Lipinski definition) is 3. The molecule has 17 heavy (non-hydrogen) atoms. The third kappa shape index (κ3) is 2.81. The van der Waals surface area contributed by atoms with Gasteiger partial charge in [-0.05, 0) is 59.6 Å². The van der Waals surface area contributed by atoms with Crippen LogP contribution in [0.4, 0.5) is 0 Å². The summed E-state index contributed by atoms with van der Waals surface area (Å²) in [5, 5.41) is 0. The topological polar surface area (TPSA) is 38.5 Å². The van der Waals surface area contributed by atoms with Crippen molar-refractivity contribution in [1.29, 1.82) is 0 Å². The van der Waals surface area contributed by atoms with Gasteiger partial charge in [0.05, 0.1) is 11.6 Å². The van der Waals surface area contributed by atoms with Gasteiger partial charge in [-0.1, -0.05) is 6.07 Å². The summed E-state index contributed by atoms with van der Waals surface area (Å²) in [6.45, 7) is 2.98. The fourth-order valence-electron chi connectivity index (χ4n) is 2.44. The molecule has 3 nitrogen and oxygen atoms in total. The first-order chi connectivity index (χ1) is 8.26. The average molecular weight is 299 g/mol. The Labute approximate surface area is 111 Å². The quantitative estimate of drug-likeness (QED) is 0.928. The van der Waals surface area contributed by atoms with Crippen molar-refractivity contribution in [1.82, 2.24) is 4.90 Å². The molecule has 1 aliphatic heterocycles. The molecule has 1 aromatic rings. The summed E-state index contributed by atoms with van der Waals surface area (Å²) in [6, 6.07) is 6.56. The molecule has 0 aromatic heterocycles. The number of ether oxygens (including phenoxy) is 1. The Morgan fingerprint density at radius 2 is 2.12 bits per heavy atom. The molecular weight excluding hydrogens is 280 g/mol. The standard InChI is InChI=1S/C13H19BrN2O/c1-17-13-5-4-10(8-11(13)14)12(9-15)16-6-2-3-7-16/h4-5,8,12H,2-3,6-7,9,15H2,1H3. The SMILES string of the molecule is COc1ccc(C(CN)N2CCCC2)cc1Br. The number of nitrogens with two attached hydrogens (primary N) is 1. The van der Waals surface area contributed by atoms with Gasteiger partial charge in [0, 0.05) is 12.6 Å². The van der Waals surface area contributed by atoms with E-state index in [-0.39, 0.29) is 0 Å². The molecule has 1 unspecified atom stereocenters. The van der Waals surface area contributed by atoms with Crippen LogP contribution < -0.4 is 10.5 Å². The molecule has 1 aromatic carbocycles. The molecular formula is C13H19BrN2O. The van der Waals surface area contributed by atoms with Crippen LogP contribution in [-0.2, 0) is 0 Å². The summed E-state index contributed by atoms with van der Waals surface area (Å²) >= 11 is 3.53. The van der Waals surface area contributed by atoms with Crippen LogP contribution in [-0.4, -0.2) is 31.6 Å². The molecule has 0 spiro atoms. The van der Waals surface area contributed by atoms with Gasteiger partial charge in [-0.15, -0.1) is 0 Å². The molecule has 1 heterocycles. The van der Waals surface area contributed by atoms with E-state index in [0.29, 0.717) is 12.6 Å². The Bertz CT molecular complexity index is 378. The molecule has 4 heteroatoms. The van der Waals surface area contributed by atoms with Gasteiger partial charge in [-0.3, -0.25) is 4.90 Å². The van der Waals surface area contributed by atoms with E-state index >= 15 is 0 Å². The van der Waals surface area contributed by atoms with Crippen LogP contribution in [0.1, 0.15) is 24.4 Å². The predicted molar refractivity (Wildman–Crippen MR) is 73.3 cm³/mol. The minimum Gasteiger partial charge on any atom is -0.496 e. The van der Waals surface area contributed by atoms with Crippen LogP contribution >= 0.6 is 15.9 Å². The van der Waals surface area contributed by atoms with Crippen molar-refractivity contribution in [2.24, 2.45) is 5.73 Å². The molecule has 0 bridgehead atoms. The Kier molecular flexibility index (Phi) is 4.42. The van der Waals surface area contributed by atoms with Crippen molar-refractivity contribution in [3.63, 3.8) is 0 Å². The molecule has 0 saturated carbocycles. The van der Waals surface area contributed by atoms with Gasteiger partial charge in [0.2, 0.25) is 0 Å². The molecule has 0 radical (unpaired) electrons. The zero-order valence-electron chi connectivity index (χ0n) is 10.2. The molecule has 1 atom stereocenters. The lowest BCUT2D eigenvalue weighted by molar-refractivity contribution is 0.251. The Hall–Kier alpha value is -0.580. The van der Waals surface area contributed by atoms with Crippen molar-refractivity contribution in [3.05, 3.63) is 28.2 Å². The smallest absolute Gasteiger partial charge is 0.133 e. The monoisotopic (exact) mass is 298 g/mol. The molecule has 94 valence electrons. The van der Waals surface area contributed by atoms with E-state index in [0.717, 1.165) is 23.3 Å². The van der Waals surface area contributed by atoms with Gasteiger partial charge in [0.1, 0.15) is 5.75 Å². The van der Waals surface area contributed by atoms with Crippen LogP contribution in [0, 0.1) is 0 Å². The van der Waals surface area contributed by atoms with Crippen LogP contribution in [0.25, 0.3) is 0 Å². The highest BCUT2D eigenvalue weighted by Gasteiger charge is 2.22. The highest BCUT2D eigenvalue weighted by atomic mass is 79.9. The van der Waals surface area contributed by atoms with E-state index in [1.807, 2.05) is 6.07 Å². The lowest BCUT2D eigenvalue weighted by Gasteiger charge is -2.27. The van der Waals surface area contributed by atoms with E-state index in [4.69, 9.17) is 10.5 Å². The number of hydrogen-bond donors (Lipinski definition) is 1. The predicted octanol–water partition coefficient (Wildman–Crippen LogP) is 2.55. The van der Waals surface area contributed by atoms with Gasteiger partial charge >= 0.3 is 0 Å². The fourth-order valence-corrected chi connectivity index (χ4v) is 3.00. The third-order valence-corrected chi connectivity index (χ3v) is 3.99. The summed E-state index contributed by atoms with van der Waals surface area (Å²) in [5.41, 5.74) is 7.18. The second kappa shape index (κ2) is 5.85. The number of rotatable bonds is 4. The summed E-state index contributed by atoms with van der Waals surface area (Å²) in [4.78, 5) is 2.47. The van der Waals surface area contributed by atoms with Gasteiger partial charge in [0.15, 0.2) is 0 Å². The maximum Gasteiger partial charge on any atom is 0.133 e. The van der Waals surface area contributed by atoms with E-state index in [1.54, 1.807) is 7.11 Å². The number of methoxy groups -OCH3 is 1. The maximum absolute atomic E-state index is 5.92. The molecule has 1 saturated heterocycles. The lowest BCUT2D eigenvalue weighted by atomic mass is 10.1. The Morgan fingerprint density at radius 1 is 1.41 bits per heavy atom. The lowest BCUT2D eigenvalue weighted by Crippen LogP contribution is -2.31. The summed E-state index contributed by atoms with van der Waals surface area (Å²) in [6.07, 6.45) is 2.57. The number of halogens is 1. The second-order valence-electron chi connectivity index (χ2n) is 4.39. The van der Waals surface area contributed by atoms with Crippen LogP contribution in [0.2, 0.25) is 0 Å². The Balaban J connectivity index is 2.21. The first-order valence-corrected chi connectivity index (χ1v) is 6.83. The summed E-state index contributed by atoms with van der Waals surface area (Å²) in [7, 11) is 1.68. The van der Waals surface area contributed by atoms with Crippen LogP contribution in [0.15, 0.2) is 22.7 Å². The van der Waals surface area contributed by atoms with Gasteiger partial charge in [0.25, 0.3) is 0 Å². The van der Waals surface area contributed by atoms with E-state index < -0.39 is 0 Å². The van der Waals surface area contributed by atoms with Crippen molar-refractivity contribution in [3.8, 4) is 5.75 Å². The minimum absolute atomic E-state index is 0.333. The molecule has 2 N–H and O–H groups in total. The van der Waals surface area contributed by atoms with Crippen LogP contribution in [0.3, 0.4) is 0 Å². The number of likely N-dealkylation sites (tertiary alicyclic amines) is 1. The van der Waals surface area contributed by atoms with Gasteiger partial charge in [-0.25, -0.2) is 0 Å². The minimum atomic E-state index is 0.333. The van der Waals surface area contributed by atoms with Crippen molar-refractivity contribution in [2.75, 3.05) is 26.7 Å². The fraction of sp³-hybridized carbons (Fsp3) is 0.538. The molecule has 2 rings (SSSR count). The zero-order chi connectivity index (χ0) is 12.3. The molecule has 1 aliphatic rings. The second-order valence-corrected chi connectivity index (χ2v) is 5.24. The molecule has 0 amide bonds. The van der Waals surface area contributed by atoms with Crippen molar-refractivity contribution >= 4 is 15.9 Å². The van der Waals surface area contributed by atoms with Gasteiger partial charge < -0.3 is 10.5 Å². The third-order valence-electron chi connectivity index (χ3n) is 3.37. The largest absolute Gasteiger partial charge is 0.496 e. The Morgan fingerprint density at radius 3 is 2.65 bits per heavy atom. The molecule has 1 fully saturated rings. The average Bonchev–Trinajstić information content (AvgIpc) is 2.84. The first kappa shape index (κ1) is 12.9. The highest BCUT2D eigenvalue weighted by molar-refractivity contribution is 9.10. The van der Waals surface area contributed by atoms with Crippen molar-refractivity contribution in [2.45, 2.75) is 18.9 Å².